The van der Waals surface area contributed by atoms with Crippen LogP contribution < -0.4 is 5.32 Å². The smallest absolute Gasteiger partial charge is 0.243 e. The summed E-state index contributed by atoms with van der Waals surface area (Å²) in [4.78, 5) is 29.2. The lowest BCUT2D eigenvalue weighted by Crippen LogP contribution is -2.54. The number of benzene rings is 3. The fourth-order valence-corrected chi connectivity index (χ4v) is 5.51. The van der Waals surface area contributed by atoms with Crippen LogP contribution in [0.4, 0.5) is 0 Å². The van der Waals surface area contributed by atoms with Gasteiger partial charge in [0.05, 0.1) is 4.90 Å². The molecule has 0 aliphatic heterocycles. The fourth-order valence-electron chi connectivity index (χ4n) is 4.28. The summed E-state index contributed by atoms with van der Waals surface area (Å²) in [5, 5.41) is 3.05. The second-order valence-electron chi connectivity index (χ2n) is 10.7. The Balaban J connectivity index is 1.82. The van der Waals surface area contributed by atoms with E-state index in [9.17, 15) is 18.0 Å². The van der Waals surface area contributed by atoms with E-state index in [4.69, 9.17) is 0 Å². The molecule has 1 atom stereocenters. The second-order valence-corrected chi connectivity index (χ2v) is 12.7. The molecule has 0 spiro atoms. The first-order valence-corrected chi connectivity index (χ1v) is 14.6. The molecular formula is C31H39N3O4S. The summed E-state index contributed by atoms with van der Waals surface area (Å²) < 4.78 is 27.1. The highest BCUT2D eigenvalue weighted by Crippen LogP contribution is 2.19. The SMILES string of the molecule is CN(CCCC(=O)N(Cc1ccccc1)C(Cc1ccccc1)C(=O)NC(C)(C)C)S(=O)(=O)c1ccccc1. The van der Waals surface area contributed by atoms with E-state index in [1.807, 2.05) is 81.4 Å². The number of sulfonamides is 1. The number of hydrogen-bond donors (Lipinski definition) is 1. The highest BCUT2D eigenvalue weighted by atomic mass is 32.2. The summed E-state index contributed by atoms with van der Waals surface area (Å²) in [7, 11) is -2.13. The molecule has 208 valence electrons. The van der Waals surface area contributed by atoms with Gasteiger partial charge in [-0.25, -0.2) is 12.7 Å². The van der Waals surface area contributed by atoms with Crippen LogP contribution in [0.25, 0.3) is 0 Å². The lowest BCUT2D eigenvalue weighted by molar-refractivity contribution is -0.142. The van der Waals surface area contributed by atoms with Gasteiger partial charge in [-0.2, -0.15) is 0 Å². The summed E-state index contributed by atoms with van der Waals surface area (Å²) in [6.45, 7) is 6.19. The molecule has 0 radical (unpaired) electrons. The first-order chi connectivity index (χ1) is 18.5. The third-order valence-corrected chi connectivity index (χ3v) is 8.15. The topological polar surface area (TPSA) is 86.8 Å². The number of carbonyl (C=O) groups excluding carboxylic acids is 2. The zero-order chi connectivity index (χ0) is 28.5. The molecule has 0 saturated carbocycles. The maximum atomic E-state index is 13.7. The first kappa shape index (κ1) is 30.1. The molecular weight excluding hydrogens is 510 g/mol. The molecule has 3 rings (SSSR count). The largest absolute Gasteiger partial charge is 0.350 e. The van der Waals surface area contributed by atoms with Crippen LogP contribution >= 0.6 is 0 Å². The van der Waals surface area contributed by atoms with E-state index >= 15 is 0 Å². The third kappa shape index (κ3) is 9.04. The minimum absolute atomic E-state index is 0.107. The van der Waals surface area contributed by atoms with Gasteiger partial charge in [-0.05, 0) is 50.5 Å². The lowest BCUT2D eigenvalue weighted by Gasteiger charge is -2.34. The zero-order valence-electron chi connectivity index (χ0n) is 23.2. The molecule has 3 aromatic rings. The number of hydrogen-bond acceptors (Lipinski definition) is 4. The number of amides is 2. The van der Waals surface area contributed by atoms with Crippen LogP contribution in [-0.2, 0) is 32.6 Å². The van der Waals surface area contributed by atoms with Crippen LogP contribution in [0.2, 0.25) is 0 Å². The maximum absolute atomic E-state index is 13.7. The van der Waals surface area contributed by atoms with Crippen molar-refractivity contribution in [3.63, 3.8) is 0 Å². The Morgan fingerprint density at radius 1 is 0.821 bits per heavy atom. The van der Waals surface area contributed by atoms with Crippen molar-refractivity contribution in [1.29, 1.82) is 0 Å². The van der Waals surface area contributed by atoms with Crippen molar-refractivity contribution in [3.05, 3.63) is 102 Å². The Hall–Kier alpha value is -3.49. The minimum atomic E-state index is -3.65. The van der Waals surface area contributed by atoms with Crippen molar-refractivity contribution >= 4 is 21.8 Å². The summed E-state index contributed by atoms with van der Waals surface area (Å²) in [6, 6.07) is 26.7. The molecule has 2 amide bonds. The van der Waals surface area contributed by atoms with Gasteiger partial charge in [-0.1, -0.05) is 78.9 Å². The standard InChI is InChI=1S/C31H39N3O4S/c1-31(2,3)32-30(36)28(23-25-15-8-5-9-16-25)34(24-26-17-10-6-11-18-26)29(35)21-14-22-33(4)39(37,38)27-19-12-7-13-20-27/h5-13,15-20,28H,14,21-24H2,1-4H3,(H,32,36). The Labute approximate surface area is 232 Å². The van der Waals surface area contributed by atoms with Crippen LogP contribution in [-0.4, -0.2) is 54.6 Å². The Bertz CT molecular complexity index is 1310. The lowest BCUT2D eigenvalue weighted by atomic mass is 10.00. The molecule has 0 aromatic heterocycles. The summed E-state index contributed by atoms with van der Waals surface area (Å²) in [5.74, 6) is -0.422. The van der Waals surface area contributed by atoms with E-state index in [1.165, 1.54) is 11.4 Å². The maximum Gasteiger partial charge on any atom is 0.243 e. The van der Waals surface area contributed by atoms with Crippen molar-refractivity contribution < 1.29 is 18.0 Å². The number of nitrogens with one attached hydrogen (secondary N) is 1. The predicted molar refractivity (Wildman–Crippen MR) is 154 cm³/mol. The van der Waals surface area contributed by atoms with Gasteiger partial charge in [-0.3, -0.25) is 9.59 Å². The van der Waals surface area contributed by atoms with Crippen LogP contribution in [0.1, 0.15) is 44.7 Å². The van der Waals surface area contributed by atoms with Gasteiger partial charge >= 0.3 is 0 Å². The molecule has 0 aliphatic carbocycles. The van der Waals surface area contributed by atoms with E-state index in [0.29, 0.717) is 12.8 Å². The monoisotopic (exact) mass is 549 g/mol. The van der Waals surface area contributed by atoms with E-state index in [2.05, 4.69) is 5.32 Å². The fraction of sp³-hybridized carbons (Fsp3) is 0.355. The van der Waals surface area contributed by atoms with Gasteiger partial charge in [0, 0.05) is 38.5 Å². The molecule has 0 bridgehead atoms. The van der Waals surface area contributed by atoms with Crippen LogP contribution in [0.15, 0.2) is 95.9 Å². The van der Waals surface area contributed by atoms with Gasteiger partial charge in [0.2, 0.25) is 21.8 Å². The van der Waals surface area contributed by atoms with E-state index in [-0.39, 0.29) is 36.2 Å². The van der Waals surface area contributed by atoms with Gasteiger partial charge in [-0.15, -0.1) is 0 Å². The number of rotatable bonds is 12. The second kappa shape index (κ2) is 13.5. The molecule has 0 saturated heterocycles. The molecule has 0 fully saturated rings. The van der Waals surface area contributed by atoms with Gasteiger partial charge < -0.3 is 10.2 Å². The normalized spacial score (nSPS) is 12.6. The van der Waals surface area contributed by atoms with Crippen LogP contribution in [0.3, 0.4) is 0 Å². The minimum Gasteiger partial charge on any atom is -0.350 e. The molecule has 8 heteroatoms. The number of carbonyl (C=O) groups is 2. The van der Waals surface area contributed by atoms with Gasteiger partial charge in [0.15, 0.2) is 0 Å². The van der Waals surface area contributed by atoms with Crippen LogP contribution in [0, 0.1) is 0 Å². The quantitative estimate of drug-likeness (QED) is 0.357. The van der Waals surface area contributed by atoms with Crippen molar-refractivity contribution in [2.75, 3.05) is 13.6 Å². The molecule has 3 aromatic carbocycles. The van der Waals surface area contributed by atoms with Crippen LogP contribution in [0.5, 0.6) is 0 Å². The summed E-state index contributed by atoms with van der Waals surface area (Å²) in [6.07, 6.45) is 0.796. The van der Waals surface area contributed by atoms with E-state index in [0.717, 1.165) is 11.1 Å². The van der Waals surface area contributed by atoms with Crippen molar-refractivity contribution in [1.82, 2.24) is 14.5 Å². The molecule has 0 heterocycles. The Kier molecular flexibility index (Phi) is 10.4. The highest BCUT2D eigenvalue weighted by Gasteiger charge is 2.32. The van der Waals surface area contributed by atoms with E-state index < -0.39 is 21.6 Å². The molecule has 1 N–H and O–H groups in total. The van der Waals surface area contributed by atoms with E-state index in [1.54, 1.807) is 35.2 Å². The van der Waals surface area contributed by atoms with Gasteiger partial charge in [0.1, 0.15) is 6.04 Å². The predicted octanol–water partition coefficient (Wildman–Crippen LogP) is 4.64. The average Bonchev–Trinajstić information content (AvgIpc) is 2.91. The van der Waals surface area contributed by atoms with Crippen molar-refractivity contribution in [3.8, 4) is 0 Å². The number of nitrogens with zero attached hydrogens (tertiary/aromatic N) is 2. The summed E-state index contributed by atoms with van der Waals surface area (Å²) >= 11 is 0. The zero-order valence-corrected chi connectivity index (χ0v) is 24.0. The molecule has 7 nitrogen and oxygen atoms in total. The van der Waals surface area contributed by atoms with Crippen molar-refractivity contribution in [2.24, 2.45) is 0 Å². The molecule has 1 unspecified atom stereocenters. The van der Waals surface area contributed by atoms with Crippen molar-refractivity contribution in [2.45, 2.75) is 63.1 Å². The first-order valence-electron chi connectivity index (χ1n) is 13.2. The summed E-state index contributed by atoms with van der Waals surface area (Å²) in [5.41, 5.74) is 1.39. The van der Waals surface area contributed by atoms with Gasteiger partial charge in [0.25, 0.3) is 0 Å². The Morgan fingerprint density at radius 3 is 1.87 bits per heavy atom. The highest BCUT2D eigenvalue weighted by molar-refractivity contribution is 7.89. The Morgan fingerprint density at radius 2 is 1.33 bits per heavy atom. The molecule has 39 heavy (non-hydrogen) atoms. The average molecular weight is 550 g/mol. The molecule has 0 aliphatic rings. The third-order valence-electron chi connectivity index (χ3n) is 6.28.